The van der Waals surface area contributed by atoms with Crippen LogP contribution < -0.4 is 11.2 Å². The Morgan fingerprint density at radius 1 is 1.00 bits per heavy atom. The van der Waals surface area contributed by atoms with Crippen molar-refractivity contribution in [1.29, 1.82) is 0 Å². The highest BCUT2D eigenvalue weighted by atomic mass is 16.4. The van der Waals surface area contributed by atoms with E-state index in [0.717, 1.165) is 0 Å². The Labute approximate surface area is 173 Å². The molecule has 0 amide bonds. The molecule has 2 N–H and O–H groups in total. The summed E-state index contributed by atoms with van der Waals surface area (Å²) in [5.41, 5.74) is 1.41. The number of nitrogens with zero attached hydrogens (tertiary/aromatic N) is 1. The molecule has 4 aromatic rings. The summed E-state index contributed by atoms with van der Waals surface area (Å²) in [7, 11) is 0. The van der Waals surface area contributed by atoms with Crippen LogP contribution in [0.2, 0.25) is 0 Å². The van der Waals surface area contributed by atoms with E-state index in [-0.39, 0.29) is 22.8 Å². The average Bonchev–Trinajstić information content (AvgIpc) is 3.01. The molecule has 1 atom stereocenters. The highest BCUT2D eigenvalue weighted by Crippen LogP contribution is 2.37. The monoisotopic (exact) mass is 404 g/mol. The van der Waals surface area contributed by atoms with E-state index < -0.39 is 11.5 Å². The lowest BCUT2D eigenvalue weighted by molar-refractivity contribution is 0.438. The van der Waals surface area contributed by atoms with Gasteiger partial charge in [-0.15, -0.1) is 0 Å². The maximum Gasteiger partial charge on any atom is 0.343 e. The fourth-order valence-corrected chi connectivity index (χ4v) is 4.04. The maximum absolute atomic E-state index is 13.4. The highest BCUT2D eigenvalue weighted by Gasteiger charge is 2.30. The summed E-state index contributed by atoms with van der Waals surface area (Å²) in [6.07, 6.45) is 0.513. The van der Waals surface area contributed by atoms with E-state index >= 15 is 0 Å². The summed E-state index contributed by atoms with van der Waals surface area (Å²) < 4.78 is 6.96. The van der Waals surface area contributed by atoms with E-state index in [1.165, 1.54) is 4.68 Å². The fourth-order valence-electron chi connectivity index (χ4n) is 4.04. The van der Waals surface area contributed by atoms with E-state index in [1.807, 2.05) is 51.1 Å². The van der Waals surface area contributed by atoms with Gasteiger partial charge in [0.15, 0.2) is 0 Å². The third kappa shape index (κ3) is 3.34. The number of para-hydroxylation sites is 2. The number of aromatic hydroxyl groups is 1. The molecule has 0 fully saturated rings. The van der Waals surface area contributed by atoms with Crippen LogP contribution in [0, 0.1) is 12.8 Å². The number of H-pyrrole nitrogens is 1. The quantitative estimate of drug-likeness (QED) is 0.481. The normalized spacial score (nSPS) is 12.5. The SMILES string of the molecule is Cc1[nH]n(-c2ccccc2)c(=O)c1C(CC(C)C)c1c(O)c2ccccc2oc1=O. The zero-order valence-electron chi connectivity index (χ0n) is 17.2. The van der Waals surface area contributed by atoms with Crippen LogP contribution in [-0.4, -0.2) is 14.9 Å². The van der Waals surface area contributed by atoms with Gasteiger partial charge in [0, 0.05) is 17.2 Å². The highest BCUT2D eigenvalue weighted by molar-refractivity contribution is 5.84. The van der Waals surface area contributed by atoms with Crippen molar-refractivity contribution < 1.29 is 9.52 Å². The minimum Gasteiger partial charge on any atom is -0.507 e. The molecule has 2 aromatic heterocycles. The van der Waals surface area contributed by atoms with E-state index in [4.69, 9.17) is 4.42 Å². The van der Waals surface area contributed by atoms with Crippen molar-refractivity contribution in [2.45, 2.75) is 33.1 Å². The lowest BCUT2D eigenvalue weighted by Crippen LogP contribution is -2.24. The van der Waals surface area contributed by atoms with Crippen LogP contribution >= 0.6 is 0 Å². The van der Waals surface area contributed by atoms with Crippen LogP contribution in [0.1, 0.15) is 43.0 Å². The first-order chi connectivity index (χ1) is 14.4. The second kappa shape index (κ2) is 7.71. The number of hydrogen-bond donors (Lipinski definition) is 2. The van der Waals surface area contributed by atoms with Crippen LogP contribution in [0.25, 0.3) is 16.7 Å². The number of nitrogens with one attached hydrogen (secondary N) is 1. The van der Waals surface area contributed by atoms with Crippen molar-refractivity contribution in [2.24, 2.45) is 5.92 Å². The van der Waals surface area contributed by atoms with Crippen molar-refractivity contribution >= 4 is 11.0 Å². The van der Waals surface area contributed by atoms with E-state index in [0.29, 0.717) is 34.3 Å². The number of aromatic amines is 1. The molecule has 0 spiro atoms. The summed E-state index contributed by atoms with van der Waals surface area (Å²) in [6, 6.07) is 16.1. The molecular weight excluding hydrogens is 380 g/mol. The van der Waals surface area contributed by atoms with Gasteiger partial charge in [-0.1, -0.05) is 44.2 Å². The van der Waals surface area contributed by atoms with Gasteiger partial charge in [0.1, 0.15) is 11.3 Å². The standard InChI is InChI=1S/C24H24N2O4/c1-14(2)13-18(21-22(27)17-11-7-8-12-19(17)30-24(21)29)20-15(3)25-26(23(20)28)16-9-5-4-6-10-16/h4-12,14,18,25,27H,13H2,1-3H3. The van der Waals surface area contributed by atoms with Crippen LogP contribution in [0.15, 0.2) is 68.6 Å². The molecule has 6 nitrogen and oxygen atoms in total. The Balaban J connectivity index is 1.97. The Morgan fingerprint density at radius 2 is 1.67 bits per heavy atom. The van der Waals surface area contributed by atoms with E-state index in [2.05, 4.69) is 5.10 Å². The van der Waals surface area contributed by atoms with Gasteiger partial charge in [0.25, 0.3) is 5.56 Å². The fraction of sp³-hybridized carbons (Fsp3) is 0.250. The molecule has 0 saturated carbocycles. The third-order valence-electron chi connectivity index (χ3n) is 5.36. The number of aromatic nitrogens is 2. The minimum absolute atomic E-state index is 0.126. The summed E-state index contributed by atoms with van der Waals surface area (Å²) in [5, 5.41) is 14.6. The van der Waals surface area contributed by atoms with Gasteiger partial charge in [-0.2, -0.15) is 0 Å². The number of benzene rings is 2. The van der Waals surface area contributed by atoms with Crippen molar-refractivity contribution in [3.8, 4) is 11.4 Å². The molecule has 0 aliphatic carbocycles. The van der Waals surface area contributed by atoms with E-state index in [9.17, 15) is 14.7 Å². The molecule has 1 unspecified atom stereocenters. The van der Waals surface area contributed by atoms with Gasteiger partial charge in [-0.05, 0) is 43.5 Å². The Hall–Kier alpha value is -3.54. The second-order valence-electron chi connectivity index (χ2n) is 7.96. The predicted molar refractivity (Wildman–Crippen MR) is 117 cm³/mol. The molecule has 0 aliphatic heterocycles. The van der Waals surface area contributed by atoms with Gasteiger partial charge >= 0.3 is 5.63 Å². The van der Waals surface area contributed by atoms with Crippen molar-refractivity contribution in [1.82, 2.24) is 9.78 Å². The van der Waals surface area contributed by atoms with Gasteiger partial charge in [-0.3, -0.25) is 9.89 Å². The molecular formula is C24H24N2O4. The summed E-state index contributed by atoms with van der Waals surface area (Å²) in [4.78, 5) is 26.3. The molecule has 0 aliphatic rings. The molecule has 0 radical (unpaired) electrons. The number of aryl methyl sites for hydroxylation is 1. The predicted octanol–water partition coefficient (Wildman–Crippen LogP) is 4.46. The van der Waals surface area contributed by atoms with Crippen molar-refractivity contribution in [3.05, 3.63) is 92.2 Å². The van der Waals surface area contributed by atoms with Gasteiger partial charge in [0.05, 0.1) is 16.6 Å². The lowest BCUT2D eigenvalue weighted by atomic mass is 9.84. The smallest absolute Gasteiger partial charge is 0.343 e. The van der Waals surface area contributed by atoms with Crippen LogP contribution in [0.3, 0.4) is 0 Å². The summed E-state index contributed by atoms with van der Waals surface area (Å²) in [6.45, 7) is 5.85. The number of fused-ring (bicyclic) bond motifs is 1. The second-order valence-corrected chi connectivity index (χ2v) is 7.96. The molecule has 6 heteroatoms. The molecule has 2 aromatic carbocycles. The zero-order valence-corrected chi connectivity index (χ0v) is 17.2. The first kappa shape index (κ1) is 19.8. The van der Waals surface area contributed by atoms with Gasteiger partial charge < -0.3 is 9.52 Å². The summed E-state index contributed by atoms with van der Waals surface area (Å²) in [5.74, 6) is -0.544. The molecule has 4 rings (SSSR count). The topological polar surface area (TPSA) is 88.2 Å². The Bertz CT molecular complexity index is 1310. The van der Waals surface area contributed by atoms with Gasteiger partial charge in [0.2, 0.25) is 0 Å². The number of rotatable bonds is 5. The Morgan fingerprint density at radius 3 is 2.37 bits per heavy atom. The largest absolute Gasteiger partial charge is 0.507 e. The average molecular weight is 404 g/mol. The minimum atomic E-state index is -0.622. The molecule has 0 bridgehead atoms. The van der Waals surface area contributed by atoms with Crippen molar-refractivity contribution in [3.63, 3.8) is 0 Å². The van der Waals surface area contributed by atoms with E-state index in [1.54, 1.807) is 24.3 Å². The molecule has 154 valence electrons. The van der Waals surface area contributed by atoms with Crippen molar-refractivity contribution in [2.75, 3.05) is 0 Å². The van der Waals surface area contributed by atoms with Gasteiger partial charge in [-0.25, -0.2) is 9.48 Å². The first-order valence-electron chi connectivity index (χ1n) is 10.00. The number of hydrogen-bond acceptors (Lipinski definition) is 4. The molecule has 2 heterocycles. The van der Waals surface area contributed by atoms with Crippen LogP contribution in [0.5, 0.6) is 5.75 Å². The summed E-state index contributed by atoms with van der Waals surface area (Å²) >= 11 is 0. The van der Waals surface area contributed by atoms with Crippen LogP contribution in [-0.2, 0) is 0 Å². The molecule has 30 heavy (non-hydrogen) atoms. The molecule has 0 saturated heterocycles. The first-order valence-corrected chi connectivity index (χ1v) is 10.00. The third-order valence-corrected chi connectivity index (χ3v) is 5.36. The Kier molecular flexibility index (Phi) is 5.08. The van der Waals surface area contributed by atoms with Crippen LogP contribution in [0.4, 0.5) is 0 Å². The zero-order chi connectivity index (χ0) is 21.4. The lowest BCUT2D eigenvalue weighted by Gasteiger charge is -2.19. The maximum atomic E-state index is 13.4.